The first-order chi connectivity index (χ1) is 4.74. The number of nitrogens with two attached hydrogens (primary N) is 1. The first kappa shape index (κ1) is 7.21. The van der Waals surface area contributed by atoms with Crippen LogP contribution in [0.3, 0.4) is 0 Å². The molecular weight excluding hydrogens is 132 g/mol. The summed E-state index contributed by atoms with van der Waals surface area (Å²) in [5, 5.41) is 3.57. The lowest BCUT2D eigenvalue weighted by atomic mass is 10.0. The van der Waals surface area contributed by atoms with Crippen molar-refractivity contribution in [3.05, 3.63) is 0 Å². The van der Waals surface area contributed by atoms with Crippen LogP contribution in [-0.4, -0.2) is 18.2 Å². The van der Waals surface area contributed by atoms with Crippen LogP contribution in [0.4, 0.5) is 0 Å². The molecule has 0 aliphatic carbocycles. The van der Waals surface area contributed by atoms with Gasteiger partial charge in [0.25, 0.3) is 0 Å². The Morgan fingerprint density at radius 2 is 2.60 bits per heavy atom. The van der Waals surface area contributed by atoms with E-state index in [2.05, 4.69) is 9.99 Å². The van der Waals surface area contributed by atoms with Crippen molar-refractivity contribution < 1.29 is 9.63 Å². The predicted molar refractivity (Wildman–Crippen MR) is 36.4 cm³/mol. The molecule has 0 bridgehead atoms. The van der Waals surface area contributed by atoms with Crippen molar-refractivity contribution in [1.29, 1.82) is 0 Å². The molecule has 0 aromatic rings. The zero-order valence-electron chi connectivity index (χ0n) is 5.83. The molecule has 0 saturated heterocycles. The van der Waals surface area contributed by atoms with Crippen molar-refractivity contribution in [3.63, 3.8) is 0 Å². The van der Waals surface area contributed by atoms with Crippen LogP contribution in [0.2, 0.25) is 0 Å². The first-order valence-corrected chi connectivity index (χ1v) is 3.20. The summed E-state index contributed by atoms with van der Waals surface area (Å²) < 4.78 is 0. The van der Waals surface area contributed by atoms with Crippen molar-refractivity contribution in [2.45, 2.75) is 13.3 Å². The summed E-state index contributed by atoms with van der Waals surface area (Å²) in [5.41, 5.74) is 6.11. The third-order valence-corrected chi connectivity index (χ3v) is 1.51. The first-order valence-electron chi connectivity index (χ1n) is 3.20. The minimum atomic E-state index is -0.282. The van der Waals surface area contributed by atoms with E-state index < -0.39 is 0 Å². The van der Waals surface area contributed by atoms with Gasteiger partial charge in [-0.25, -0.2) is 4.79 Å². The number of oxime groups is 1. The van der Waals surface area contributed by atoms with Crippen LogP contribution < -0.4 is 5.73 Å². The topological polar surface area (TPSA) is 64.7 Å². The van der Waals surface area contributed by atoms with Crippen LogP contribution in [0, 0.1) is 5.92 Å². The minimum Gasteiger partial charge on any atom is -0.330 e. The van der Waals surface area contributed by atoms with Gasteiger partial charge in [-0.1, -0.05) is 12.1 Å². The van der Waals surface area contributed by atoms with Crippen LogP contribution in [-0.2, 0) is 9.63 Å². The monoisotopic (exact) mass is 142 g/mol. The Morgan fingerprint density at radius 1 is 1.90 bits per heavy atom. The molecule has 0 amide bonds. The maximum atomic E-state index is 10.5. The van der Waals surface area contributed by atoms with E-state index in [4.69, 9.17) is 5.73 Å². The zero-order chi connectivity index (χ0) is 7.56. The maximum Gasteiger partial charge on any atom is 0.340 e. The predicted octanol–water partition coefficient (Wildman–Crippen LogP) is -0.116. The molecule has 0 radical (unpaired) electrons. The number of carbonyl (C=O) groups is 1. The van der Waals surface area contributed by atoms with E-state index in [0.29, 0.717) is 13.0 Å². The Labute approximate surface area is 59.0 Å². The maximum absolute atomic E-state index is 10.5. The van der Waals surface area contributed by atoms with Crippen molar-refractivity contribution in [3.8, 4) is 0 Å². The molecule has 0 aromatic carbocycles. The lowest BCUT2D eigenvalue weighted by molar-refractivity contribution is -0.140. The van der Waals surface area contributed by atoms with Crippen molar-refractivity contribution in [2.24, 2.45) is 16.8 Å². The minimum absolute atomic E-state index is 0.159. The number of rotatable bonds is 2. The summed E-state index contributed by atoms with van der Waals surface area (Å²) in [6.45, 7) is 2.43. The molecule has 1 heterocycles. The van der Waals surface area contributed by atoms with E-state index in [1.165, 1.54) is 0 Å². The van der Waals surface area contributed by atoms with Crippen molar-refractivity contribution in [2.75, 3.05) is 6.54 Å². The summed E-state index contributed by atoms with van der Waals surface area (Å²) in [6.07, 6.45) is 0.304. The molecule has 2 N–H and O–H groups in total. The van der Waals surface area contributed by atoms with Gasteiger partial charge in [0.2, 0.25) is 0 Å². The molecule has 56 valence electrons. The molecular formula is C6H10N2O2. The SMILES string of the molecule is CC(CN)C1=NOC(=O)C1. The lowest BCUT2D eigenvalue weighted by Crippen LogP contribution is -2.19. The van der Waals surface area contributed by atoms with Gasteiger partial charge in [0.15, 0.2) is 0 Å². The highest BCUT2D eigenvalue weighted by atomic mass is 16.7. The highest BCUT2D eigenvalue weighted by Gasteiger charge is 2.21. The highest BCUT2D eigenvalue weighted by molar-refractivity contribution is 6.02. The molecule has 0 fully saturated rings. The van der Waals surface area contributed by atoms with E-state index in [1.807, 2.05) is 6.92 Å². The van der Waals surface area contributed by atoms with Gasteiger partial charge in [-0.05, 0) is 0 Å². The Hall–Kier alpha value is -0.900. The van der Waals surface area contributed by atoms with Crippen molar-refractivity contribution >= 4 is 11.7 Å². The number of carbonyl (C=O) groups excluding carboxylic acids is 1. The number of nitrogens with zero attached hydrogens (tertiary/aromatic N) is 1. The van der Waals surface area contributed by atoms with E-state index in [0.717, 1.165) is 5.71 Å². The third-order valence-electron chi connectivity index (χ3n) is 1.51. The summed E-state index contributed by atoms with van der Waals surface area (Å²) in [4.78, 5) is 14.9. The van der Waals surface area contributed by atoms with Gasteiger partial charge in [-0.15, -0.1) is 0 Å². The van der Waals surface area contributed by atoms with Gasteiger partial charge >= 0.3 is 5.97 Å². The van der Waals surface area contributed by atoms with Gasteiger partial charge in [-0.3, -0.25) is 0 Å². The third kappa shape index (κ3) is 1.33. The van der Waals surface area contributed by atoms with Crippen LogP contribution in [0.5, 0.6) is 0 Å². The van der Waals surface area contributed by atoms with E-state index >= 15 is 0 Å². The van der Waals surface area contributed by atoms with Crippen LogP contribution >= 0.6 is 0 Å². The fourth-order valence-electron chi connectivity index (χ4n) is 0.722. The fourth-order valence-corrected chi connectivity index (χ4v) is 0.722. The molecule has 1 rings (SSSR count). The average molecular weight is 142 g/mol. The summed E-state index contributed by atoms with van der Waals surface area (Å²) in [7, 11) is 0. The standard InChI is InChI=1S/C6H10N2O2/c1-4(3-7)5-2-6(9)10-8-5/h4H,2-3,7H2,1H3. The van der Waals surface area contributed by atoms with Gasteiger partial charge in [-0.2, -0.15) is 0 Å². The van der Waals surface area contributed by atoms with Crippen LogP contribution in [0.1, 0.15) is 13.3 Å². The van der Waals surface area contributed by atoms with Gasteiger partial charge < -0.3 is 10.6 Å². The highest BCUT2D eigenvalue weighted by Crippen LogP contribution is 2.09. The van der Waals surface area contributed by atoms with Crippen LogP contribution in [0.25, 0.3) is 0 Å². The second-order valence-electron chi connectivity index (χ2n) is 2.36. The molecule has 4 heteroatoms. The fraction of sp³-hybridized carbons (Fsp3) is 0.667. The lowest BCUT2D eigenvalue weighted by Gasteiger charge is -2.02. The van der Waals surface area contributed by atoms with Crippen LogP contribution in [0.15, 0.2) is 5.16 Å². The molecule has 4 nitrogen and oxygen atoms in total. The Balaban J connectivity index is 2.50. The van der Waals surface area contributed by atoms with Gasteiger partial charge in [0, 0.05) is 12.5 Å². The quantitative estimate of drug-likeness (QED) is 0.547. The Morgan fingerprint density at radius 3 is 3.00 bits per heavy atom. The van der Waals surface area contributed by atoms with E-state index in [1.54, 1.807) is 0 Å². The van der Waals surface area contributed by atoms with E-state index in [9.17, 15) is 4.79 Å². The second kappa shape index (κ2) is 2.79. The second-order valence-corrected chi connectivity index (χ2v) is 2.36. The van der Waals surface area contributed by atoms with Crippen molar-refractivity contribution in [1.82, 2.24) is 0 Å². The summed E-state index contributed by atoms with van der Waals surface area (Å²) in [5.74, 6) is -0.123. The number of hydrogen-bond donors (Lipinski definition) is 1. The van der Waals surface area contributed by atoms with Gasteiger partial charge in [0.1, 0.15) is 0 Å². The molecule has 1 aliphatic heterocycles. The Kier molecular flexibility index (Phi) is 2.01. The molecule has 1 aliphatic rings. The van der Waals surface area contributed by atoms with Gasteiger partial charge in [0.05, 0.1) is 12.1 Å². The number of hydrogen-bond acceptors (Lipinski definition) is 4. The smallest absolute Gasteiger partial charge is 0.330 e. The zero-order valence-corrected chi connectivity index (χ0v) is 5.83. The summed E-state index contributed by atoms with van der Waals surface area (Å²) in [6, 6.07) is 0. The average Bonchev–Trinajstić information content (AvgIpc) is 2.34. The summed E-state index contributed by atoms with van der Waals surface area (Å²) >= 11 is 0. The largest absolute Gasteiger partial charge is 0.340 e. The molecule has 0 aromatic heterocycles. The normalized spacial score (nSPS) is 20.2. The molecule has 1 atom stereocenters. The molecule has 0 spiro atoms. The Bertz CT molecular complexity index is 177. The molecule has 0 saturated carbocycles. The van der Waals surface area contributed by atoms with E-state index in [-0.39, 0.29) is 11.9 Å². The molecule has 1 unspecified atom stereocenters. The molecule has 10 heavy (non-hydrogen) atoms.